The van der Waals surface area contributed by atoms with E-state index < -0.39 is 34.9 Å². The fourth-order valence-electron chi connectivity index (χ4n) is 3.34. The van der Waals surface area contributed by atoms with Gasteiger partial charge in [-0.1, -0.05) is 13.8 Å². The molecule has 2 aromatic heterocycles. The molecule has 182 valence electrons. The fourth-order valence-corrected chi connectivity index (χ4v) is 3.34. The highest BCUT2D eigenvalue weighted by Crippen LogP contribution is 2.36. The molecule has 1 atom stereocenters. The van der Waals surface area contributed by atoms with Gasteiger partial charge in [0.05, 0.1) is 16.9 Å². The topological polar surface area (TPSA) is 86.2 Å². The second-order valence-electron chi connectivity index (χ2n) is 9.60. The Morgan fingerprint density at radius 1 is 1.06 bits per heavy atom. The molecular formula is C23H31F3N4O3. The van der Waals surface area contributed by atoms with Crippen molar-refractivity contribution in [1.82, 2.24) is 20.3 Å². The molecule has 2 aromatic rings. The number of nitrogens with one attached hydrogen (secondary N) is 1. The van der Waals surface area contributed by atoms with Crippen LogP contribution in [0.2, 0.25) is 0 Å². The van der Waals surface area contributed by atoms with Crippen LogP contribution in [0, 0.1) is 12.8 Å². The number of carbonyl (C=O) groups excluding carboxylic acids is 1. The van der Waals surface area contributed by atoms with E-state index in [0.29, 0.717) is 12.2 Å². The number of hydrogen-bond acceptors (Lipinski definition) is 6. The Morgan fingerprint density at radius 3 is 2.24 bits per heavy atom. The summed E-state index contributed by atoms with van der Waals surface area (Å²) in [6, 6.07) is 4.11. The Morgan fingerprint density at radius 2 is 1.70 bits per heavy atom. The Hall–Kier alpha value is -2.91. The molecule has 10 heteroatoms. The maximum absolute atomic E-state index is 13.8. The molecule has 0 saturated heterocycles. The van der Waals surface area contributed by atoms with Crippen LogP contribution in [0.1, 0.15) is 59.5 Å². The molecule has 0 aliphatic carbocycles. The van der Waals surface area contributed by atoms with E-state index in [-0.39, 0.29) is 23.9 Å². The lowest BCUT2D eigenvalue weighted by atomic mass is 9.91. The van der Waals surface area contributed by atoms with Crippen LogP contribution >= 0.6 is 0 Å². The van der Waals surface area contributed by atoms with Crippen LogP contribution in [0.3, 0.4) is 0 Å². The monoisotopic (exact) mass is 468 g/mol. The van der Waals surface area contributed by atoms with Crippen molar-refractivity contribution in [1.29, 1.82) is 0 Å². The van der Waals surface area contributed by atoms with Crippen molar-refractivity contribution in [2.24, 2.45) is 5.92 Å². The SMILES string of the molecule is Cc1nccc(-c2ccc(OC[C@](C)(CC(C)C)NC(=O)OC(C)(C)C)c(C(F)(F)F)n2)n1. The number of nitrogens with zero attached hydrogens (tertiary/aromatic N) is 3. The average Bonchev–Trinajstić information content (AvgIpc) is 2.63. The number of aromatic nitrogens is 3. The van der Waals surface area contributed by atoms with Crippen molar-refractivity contribution >= 4 is 6.09 Å². The van der Waals surface area contributed by atoms with Crippen molar-refractivity contribution in [2.45, 2.75) is 72.2 Å². The van der Waals surface area contributed by atoms with Crippen molar-refractivity contribution in [3.8, 4) is 17.1 Å². The summed E-state index contributed by atoms with van der Waals surface area (Å²) in [4.78, 5) is 24.2. The number of ether oxygens (including phenoxy) is 2. The zero-order valence-electron chi connectivity index (χ0n) is 20.0. The van der Waals surface area contributed by atoms with Crippen LogP contribution in [-0.4, -0.2) is 38.8 Å². The number of alkyl halides is 3. The minimum absolute atomic E-state index is 0.0528. The van der Waals surface area contributed by atoms with E-state index in [1.165, 1.54) is 24.4 Å². The van der Waals surface area contributed by atoms with Gasteiger partial charge in [-0.3, -0.25) is 0 Å². The highest BCUT2D eigenvalue weighted by molar-refractivity contribution is 5.68. The first-order valence-corrected chi connectivity index (χ1v) is 10.6. The summed E-state index contributed by atoms with van der Waals surface area (Å²) in [5, 5.41) is 2.75. The smallest absolute Gasteiger partial charge is 0.437 e. The Balaban J connectivity index is 2.31. The second-order valence-corrected chi connectivity index (χ2v) is 9.60. The standard InChI is InChI=1S/C23H31F3N4O3/c1-14(2)12-22(7,30-20(31)33-21(4,5)6)13-32-18-9-8-16(29-19(18)23(24,25)26)17-10-11-27-15(3)28-17/h8-11,14H,12-13H2,1-7H3,(H,30,31)/t22-/m0/s1. The fraction of sp³-hybridized carbons (Fsp3) is 0.565. The minimum Gasteiger partial charge on any atom is -0.489 e. The highest BCUT2D eigenvalue weighted by atomic mass is 19.4. The summed E-state index contributed by atoms with van der Waals surface area (Å²) in [6.45, 7) is 12.2. The molecule has 0 fully saturated rings. The van der Waals surface area contributed by atoms with E-state index in [1.54, 1.807) is 34.6 Å². The Bertz CT molecular complexity index is 974. The molecule has 33 heavy (non-hydrogen) atoms. The van der Waals surface area contributed by atoms with Crippen molar-refractivity contribution < 1.29 is 27.4 Å². The van der Waals surface area contributed by atoms with E-state index in [9.17, 15) is 18.0 Å². The molecule has 2 heterocycles. The second kappa shape index (κ2) is 9.93. The molecule has 1 N–H and O–H groups in total. The third-order valence-electron chi connectivity index (χ3n) is 4.37. The largest absolute Gasteiger partial charge is 0.489 e. The summed E-state index contributed by atoms with van der Waals surface area (Å²) in [7, 11) is 0. The van der Waals surface area contributed by atoms with Gasteiger partial charge in [-0.15, -0.1) is 0 Å². The molecular weight excluding hydrogens is 437 g/mol. The lowest BCUT2D eigenvalue weighted by Gasteiger charge is -2.33. The number of aryl methyl sites for hydroxylation is 1. The number of carbonyl (C=O) groups is 1. The molecule has 0 aromatic carbocycles. The predicted octanol–water partition coefficient (Wildman–Crippen LogP) is 5.57. The van der Waals surface area contributed by atoms with Crippen LogP contribution in [0.4, 0.5) is 18.0 Å². The number of hydrogen-bond donors (Lipinski definition) is 1. The molecule has 0 aliphatic heterocycles. The average molecular weight is 469 g/mol. The first kappa shape index (κ1) is 26.3. The lowest BCUT2D eigenvalue weighted by molar-refractivity contribution is -0.142. The Kier molecular flexibility index (Phi) is 7.92. The lowest BCUT2D eigenvalue weighted by Crippen LogP contribution is -2.52. The molecule has 0 spiro atoms. The number of pyridine rings is 1. The number of rotatable bonds is 7. The van der Waals surface area contributed by atoms with Gasteiger partial charge in [0.2, 0.25) is 0 Å². The Labute approximate surface area is 192 Å². The van der Waals surface area contributed by atoms with Crippen LogP contribution < -0.4 is 10.1 Å². The van der Waals surface area contributed by atoms with Gasteiger partial charge in [0.25, 0.3) is 0 Å². The van der Waals surface area contributed by atoms with Crippen LogP contribution in [0.25, 0.3) is 11.4 Å². The van der Waals surface area contributed by atoms with Gasteiger partial charge in [0.15, 0.2) is 5.69 Å². The summed E-state index contributed by atoms with van der Waals surface area (Å²) < 4.78 is 52.3. The molecule has 0 aliphatic rings. The van der Waals surface area contributed by atoms with Crippen molar-refractivity contribution in [3.05, 3.63) is 35.9 Å². The normalized spacial score (nSPS) is 14.0. The maximum atomic E-state index is 13.8. The molecule has 7 nitrogen and oxygen atoms in total. The van der Waals surface area contributed by atoms with Gasteiger partial charge in [0.1, 0.15) is 23.8 Å². The molecule has 0 unspecified atom stereocenters. The van der Waals surface area contributed by atoms with E-state index >= 15 is 0 Å². The third-order valence-corrected chi connectivity index (χ3v) is 4.37. The summed E-state index contributed by atoms with van der Waals surface area (Å²) >= 11 is 0. The van der Waals surface area contributed by atoms with Gasteiger partial charge in [-0.05, 0) is 65.2 Å². The van der Waals surface area contributed by atoms with Gasteiger partial charge < -0.3 is 14.8 Å². The summed E-state index contributed by atoms with van der Waals surface area (Å²) in [6.07, 6.45) is -3.51. The van der Waals surface area contributed by atoms with Crippen molar-refractivity contribution in [2.75, 3.05) is 6.61 Å². The van der Waals surface area contributed by atoms with Gasteiger partial charge in [0, 0.05) is 6.20 Å². The molecule has 0 bridgehead atoms. The van der Waals surface area contributed by atoms with Gasteiger partial charge in [-0.2, -0.15) is 13.2 Å². The van der Waals surface area contributed by atoms with Crippen LogP contribution in [0.15, 0.2) is 24.4 Å². The molecule has 0 radical (unpaired) electrons. The molecule has 1 amide bonds. The number of amides is 1. The van der Waals surface area contributed by atoms with Crippen molar-refractivity contribution in [3.63, 3.8) is 0 Å². The molecule has 0 saturated carbocycles. The third kappa shape index (κ3) is 8.18. The zero-order valence-corrected chi connectivity index (χ0v) is 20.0. The first-order valence-electron chi connectivity index (χ1n) is 10.6. The maximum Gasteiger partial charge on any atom is 0.437 e. The number of halogens is 3. The summed E-state index contributed by atoms with van der Waals surface area (Å²) in [5.41, 5.74) is -2.53. The van der Waals surface area contributed by atoms with E-state index in [1.807, 2.05) is 13.8 Å². The highest BCUT2D eigenvalue weighted by Gasteiger charge is 2.38. The quantitative estimate of drug-likeness (QED) is 0.571. The first-order chi connectivity index (χ1) is 15.1. The predicted molar refractivity (Wildman–Crippen MR) is 118 cm³/mol. The van der Waals surface area contributed by atoms with E-state index in [0.717, 1.165) is 0 Å². The zero-order chi connectivity index (χ0) is 25.0. The van der Waals surface area contributed by atoms with Crippen LogP contribution in [-0.2, 0) is 10.9 Å². The minimum atomic E-state index is -4.75. The van der Waals surface area contributed by atoms with Crippen LogP contribution in [0.5, 0.6) is 5.75 Å². The van der Waals surface area contributed by atoms with E-state index in [4.69, 9.17) is 9.47 Å². The van der Waals surface area contributed by atoms with Gasteiger partial charge >= 0.3 is 12.3 Å². The van der Waals surface area contributed by atoms with E-state index in [2.05, 4.69) is 20.3 Å². The molecule has 2 rings (SSSR count). The number of alkyl carbamates (subject to hydrolysis) is 1. The summed E-state index contributed by atoms with van der Waals surface area (Å²) in [5.74, 6) is 0.121. The van der Waals surface area contributed by atoms with Gasteiger partial charge in [-0.25, -0.2) is 19.7 Å².